The van der Waals surface area contributed by atoms with Gasteiger partial charge in [0, 0.05) is 24.4 Å². The van der Waals surface area contributed by atoms with Gasteiger partial charge in [-0.05, 0) is 37.3 Å². The molecule has 0 amide bonds. The van der Waals surface area contributed by atoms with Gasteiger partial charge in [-0.25, -0.2) is 0 Å². The Labute approximate surface area is 140 Å². The lowest BCUT2D eigenvalue weighted by Crippen LogP contribution is -2.41. The van der Waals surface area contributed by atoms with Crippen LogP contribution in [-0.2, 0) is 19.4 Å². The van der Waals surface area contributed by atoms with Gasteiger partial charge in [0.1, 0.15) is 0 Å². The Morgan fingerprint density at radius 2 is 2.08 bits per heavy atom. The molecular formula is C18H22N5O+. The lowest BCUT2D eigenvalue weighted by Gasteiger charge is -2.26. The van der Waals surface area contributed by atoms with Gasteiger partial charge in [-0.15, -0.1) is 4.68 Å². The number of aromatic nitrogens is 5. The summed E-state index contributed by atoms with van der Waals surface area (Å²) in [5.41, 5.74) is 4.90. The minimum Gasteiger partial charge on any atom is -0.332 e. The predicted molar refractivity (Wildman–Crippen MR) is 89.0 cm³/mol. The van der Waals surface area contributed by atoms with Crippen molar-refractivity contribution < 1.29 is 9.20 Å². The zero-order valence-corrected chi connectivity index (χ0v) is 14.3. The number of rotatable bonds is 3. The Morgan fingerprint density at radius 1 is 1.29 bits per heavy atom. The molecule has 3 aromatic heterocycles. The second-order valence-corrected chi connectivity index (χ2v) is 7.16. The van der Waals surface area contributed by atoms with E-state index in [1.54, 1.807) is 12.4 Å². The number of fused-ring (bicyclic) bond motifs is 1. The molecule has 0 aliphatic heterocycles. The highest BCUT2D eigenvalue weighted by atomic mass is 16.5. The fourth-order valence-electron chi connectivity index (χ4n) is 3.44. The van der Waals surface area contributed by atoms with E-state index in [1.165, 1.54) is 17.7 Å². The van der Waals surface area contributed by atoms with E-state index in [1.807, 2.05) is 12.1 Å². The van der Waals surface area contributed by atoms with Crippen molar-refractivity contribution in [3.8, 4) is 23.0 Å². The van der Waals surface area contributed by atoms with Crippen molar-refractivity contribution in [1.82, 2.24) is 20.2 Å². The molecule has 0 aromatic carbocycles. The minimum absolute atomic E-state index is 0.334. The van der Waals surface area contributed by atoms with Gasteiger partial charge < -0.3 is 4.52 Å². The summed E-state index contributed by atoms with van der Waals surface area (Å²) in [6.45, 7) is 7.72. The van der Waals surface area contributed by atoms with Crippen LogP contribution in [0.15, 0.2) is 29.0 Å². The first-order valence-electron chi connectivity index (χ1n) is 8.45. The molecule has 6 nitrogen and oxygen atoms in total. The molecule has 1 N–H and O–H groups in total. The summed E-state index contributed by atoms with van der Waals surface area (Å²) in [6.07, 6.45) is 6.73. The van der Waals surface area contributed by atoms with Gasteiger partial charge in [0.15, 0.2) is 12.2 Å². The number of hydrogen-bond donors (Lipinski definition) is 1. The molecule has 0 atom stereocenters. The third kappa shape index (κ3) is 2.52. The maximum Gasteiger partial charge on any atom is 0.280 e. The molecule has 0 unspecified atom stereocenters. The van der Waals surface area contributed by atoms with Gasteiger partial charge in [0.25, 0.3) is 5.89 Å². The maximum absolute atomic E-state index is 5.55. The van der Waals surface area contributed by atoms with Crippen molar-refractivity contribution in [3.63, 3.8) is 0 Å². The Balaban J connectivity index is 1.76. The van der Waals surface area contributed by atoms with Gasteiger partial charge in [0.05, 0.1) is 5.56 Å². The highest BCUT2D eigenvalue weighted by Gasteiger charge is 2.37. The van der Waals surface area contributed by atoms with Crippen molar-refractivity contribution in [2.45, 2.75) is 46.6 Å². The summed E-state index contributed by atoms with van der Waals surface area (Å²) in [5, 5.41) is 7.60. The number of aromatic amines is 1. The zero-order chi connectivity index (χ0) is 16.7. The molecule has 124 valence electrons. The van der Waals surface area contributed by atoms with Crippen molar-refractivity contribution in [2.24, 2.45) is 5.41 Å². The number of nitrogens with one attached hydrogen (secondary N) is 1. The van der Waals surface area contributed by atoms with Gasteiger partial charge in [-0.3, -0.25) is 4.98 Å². The van der Waals surface area contributed by atoms with Gasteiger partial charge in [0.2, 0.25) is 11.5 Å². The third-order valence-electron chi connectivity index (χ3n) is 4.82. The molecular weight excluding hydrogens is 302 g/mol. The smallest absolute Gasteiger partial charge is 0.280 e. The van der Waals surface area contributed by atoms with Crippen LogP contribution < -0.4 is 4.68 Å². The van der Waals surface area contributed by atoms with Gasteiger partial charge in [-0.2, -0.15) is 10.1 Å². The second kappa shape index (κ2) is 5.54. The fraction of sp³-hybridized carbons (Fsp3) is 0.444. The van der Waals surface area contributed by atoms with E-state index >= 15 is 0 Å². The molecule has 0 fully saturated rings. The topological polar surface area (TPSA) is 71.5 Å². The van der Waals surface area contributed by atoms with E-state index in [0.717, 1.165) is 30.6 Å². The highest BCUT2D eigenvalue weighted by Crippen LogP contribution is 2.37. The molecule has 1 aliphatic carbocycles. The highest BCUT2D eigenvalue weighted by molar-refractivity contribution is 5.59. The number of aryl methyl sites for hydroxylation is 1. The van der Waals surface area contributed by atoms with E-state index in [4.69, 9.17) is 4.52 Å². The first kappa shape index (κ1) is 15.1. The summed E-state index contributed by atoms with van der Waals surface area (Å²) in [4.78, 5) is 8.62. The molecule has 0 saturated heterocycles. The first-order valence-corrected chi connectivity index (χ1v) is 8.45. The predicted octanol–water partition coefficient (Wildman–Crippen LogP) is 2.95. The Kier molecular flexibility index (Phi) is 3.48. The fourth-order valence-corrected chi connectivity index (χ4v) is 3.44. The molecule has 0 radical (unpaired) electrons. The summed E-state index contributed by atoms with van der Waals surface area (Å²) in [6, 6.07) is 3.76. The quantitative estimate of drug-likeness (QED) is 0.752. The second-order valence-electron chi connectivity index (χ2n) is 7.16. The van der Waals surface area contributed by atoms with Crippen LogP contribution >= 0.6 is 0 Å². The Bertz CT molecular complexity index is 863. The lowest BCUT2D eigenvalue weighted by atomic mass is 9.76. The van der Waals surface area contributed by atoms with Gasteiger partial charge in [-0.1, -0.05) is 19.0 Å². The largest absolute Gasteiger partial charge is 0.332 e. The molecule has 3 aromatic rings. The molecule has 24 heavy (non-hydrogen) atoms. The third-order valence-corrected chi connectivity index (χ3v) is 4.82. The molecule has 0 spiro atoms. The van der Waals surface area contributed by atoms with E-state index in [0.29, 0.717) is 17.1 Å². The molecule has 4 rings (SSSR count). The molecule has 3 heterocycles. The van der Waals surface area contributed by atoms with Crippen molar-refractivity contribution in [2.75, 3.05) is 0 Å². The SMILES string of the molecule is CC[n+]1[nH]c(-c2nc(-c3ccncc3)no2)c2c1CC(C)(C)CC2. The summed E-state index contributed by atoms with van der Waals surface area (Å²) < 4.78 is 7.77. The van der Waals surface area contributed by atoms with Crippen LogP contribution in [0.25, 0.3) is 23.0 Å². The summed E-state index contributed by atoms with van der Waals surface area (Å²) >= 11 is 0. The van der Waals surface area contributed by atoms with Crippen LogP contribution in [0.3, 0.4) is 0 Å². The van der Waals surface area contributed by atoms with Crippen LogP contribution in [0.4, 0.5) is 0 Å². The molecule has 1 aliphatic rings. The number of pyridine rings is 1. The lowest BCUT2D eigenvalue weighted by molar-refractivity contribution is -0.753. The Hall–Kier alpha value is -2.50. The van der Waals surface area contributed by atoms with E-state index in [-0.39, 0.29) is 0 Å². The Morgan fingerprint density at radius 3 is 2.83 bits per heavy atom. The van der Waals surface area contributed by atoms with Crippen LogP contribution in [0.5, 0.6) is 0 Å². The van der Waals surface area contributed by atoms with Crippen LogP contribution in [0, 0.1) is 5.41 Å². The summed E-state index contributed by atoms with van der Waals surface area (Å²) in [7, 11) is 0. The van der Waals surface area contributed by atoms with Crippen LogP contribution in [-0.4, -0.2) is 20.2 Å². The van der Waals surface area contributed by atoms with Crippen LogP contribution in [0.2, 0.25) is 0 Å². The van der Waals surface area contributed by atoms with Gasteiger partial charge >= 0.3 is 0 Å². The van der Waals surface area contributed by atoms with E-state index < -0.39 is 0 Å². The zero-order valence-electron chi connectivity index (χ0n) is 14.3. The van der Waals surface area contributed by atoms with E-state index in [9.17, 15) is 0 Å². The van der Waals surface area contributed by atoms with Crippen LogP contribution in [0.1, 0.15) is 38.4 Å². The van der Waals surface area contributed by atoms with Crippen molar-refractivity contribution >= 4 is 0 Å². The summed E-state index contributed by atoms with van der Waals surface area (Å²) in [5.74, 6) is 1.15. The van der Waals surface area contributed by atoms with E-state index in [2.05, 4.69) is 45.7 Å². The maximum atomic E-state index is 5.55. The standard InChI is InChI=1S/C18H21N5O/c1-4-23-14-11-18(2,3)8-5-13(14)15(21-23)17-20-16(22-24-17)12-6-9-19-10-7-12/h6-7,9-10H,4-5,8,11H2,1-3H3/p+1. The van der Waals surface area contributed by atoms with Crippen molar-refractivity contribution in [1.29, 1.82) is 0 Å². The normalized spacial score (nSPS) is 16.1. The molecule has 6 heteroatoms. The average Bonchev–Trinajstić information content (AvgIpc) is 3.19. The number of H-pyrrole nitrogens is 1. The minimum atomic E-state index is 0.334. The monoisotopic (exact) mass is 324 g/mol. The number of nitrogens with zero attached hydrogens (tertiary/aromatic N) is 4. The average molecular weight is 324 g/mol. The number of hydrogen-bond acceptors (Lipinski definition) is 4. The first-order chi connectivity index (χ1) is 11.6. The van der Waals surface area contributed by atoms with Crippen molar-refractivity contribution in [3.05, 3.63) is 35.8 Å². The molecule has 0 bridgehead atoms. The molecule has 0 saturated carbocycles.